The Morgan fingerprint density at radius 1 is 1.53 bits per heavy atom. The summed E-state index contributed by atoms with van der Waals surface area (Å²) < 4.78 is 0. The van der Waals surface area contributed by atoms with Crippen LogP contribution in [0.1, 0.15) is 44.5 Å². The molecular formula is C12H19N3. The fourth-order valence-corrected chi connectivity index (χ4v) is 2.42. The second kappa shape index (κ2) is 3.89. The van der Waals surface area contributed by atoms with E-state index in [-0.39, 0.29) is 0 Å². The molecule has 3 nitrogen and oxygen atoms in total. The monoisotopic (exact) mass is 205 g/mol. The molecule has 1 unspecified atom stereocenters. The van der Waals surface area contributed by atoms with Gasteiger partial charge in [0, 0.05) is 23.5 Å². The van der Waals surface area contributed by atoms with Crippen LogP contribution in [0.5, 0.6) is 0 Å². The van der Waals surface area contributed by atoms with Crippen LogP contribution in [0.2, 0.25) is 0 Å². The summed E-state index contributed by atoms with van der Waals surface area (Å²) in [5.74, 6) is 0. The Kier molecular flexibility index (Phi) is 2.74. The molecule has 1 aliphatic rings. The number of nitrogens with one attached hydrogen (secondary N) is 1. The highest BCUT2D eigenvalue weighted by Crippen LogP contribution is 2.39. The summed E-state index contributed by atoms with van der Waals surface area (Å²) in [5, 5.41) is 3.52. The molecule has 0 aromatic carbocycles. The quantitative estimate of drug-likeness (QED) is 0.803. The second-order valence-corrected chi connectivity index (χ2v) is 5.08. The third-order valence-corrected chi connectivity index (χ3v) is 3.06. The van der Waals surface area contributed by atoms with Gasteiger partial charge in [0.25, 0.3) is 0 Å². The first kappa shape index (κ1) is 10.6. The van der Waals surface area contributed by atoms with Crippen molar-refractivity contribution in [3.8, 4) is 0 Å². The maximum Gasteiger partial charge on any atom is 0.115 e. The Morgan fingerprint density at radius 3 is 3.07 bits per heavy atom. The van der Waals surface area contributed by atoms with Crippen molar-refractivity contribution in [3.05, 3.63) is 23.8 Å². The lowest BCUT2D eigenvalue weighted by molar-refractivity contribution is 0.255. The molecule has 0 spiro atoms. The van der Waals surface area contributed by atoms with Gasteiger partial charge in [0.15, 0.2) is 0 Å². The van der Waals surface area contributed by atoms with E-state index in [0.717, 1.165) is 13.0 Å². The van der Waals surface area contributed by atoms with Crippen LogP contribution in [-0.4, -0.2) is 16.5 Å². The van der Waals surface area contributed by atoms with Crippen LogP contribution in [0.15, 0.2) is 12.5 Å². The van der Waals surface area contributed by atoms with Crippen LogP contribution < -0.4 is 5.32 Å². The Hall–Kier alpha value is -0.960. The fourth-order valence-electron chi connectivity index (χ4n) is 2.42. The highest BCUT2D eigenvalue weighted by molar-refractivity contribution is 5.25. The summed E-state index contributed by atoms with van der Waals surface area (Å²) in [5.41, 5.74) is 2.85. The van der Waals surface area contributed by atoms with Crippen LogP contribution in [0.4, 0.5) is 0 Å². The summed E-state index contributed by atoms with van der Waals surface area (Å²) in [4.78, 5) is 8.52. The Labute approximate surface area is 91.3 Å². The summed E-state index contributed by atoms with van der Waals surface area (Å²) in [6, 6.07) is 0.426. The van der Waals surface area contributed by atoms with Gasteiger partial charge in [-0.05, 0) is 24.8 Å². The summed E-state index contributed by atoms with van der Waals surface area (Å²) in [6.45, 7) is 7.75. The van der Waals surface area contributed by atoms with E-state index in [2.05, 4.69) is 36.1 Å². The van der Waals surface area contributed by atoms with Gasteiger partial charge >= 0.3 is 0 Å². The number of fused-ring (bicyclic) bond motifs is 1. The van der Waals surface area contributed by atoms with E-state index >= 15 is 0 Å². The predicted octanol–water partition coefficient (Wildman–Crippen LogP) is 2.10. The predicted molar refractivity (Wildman–Crippen MR) is 60.6 cm³/mol. The van der Waals surface area contributed by atoms with Gasteiger partial charge in [0.05, 0.1) is 0 Å². The minimum atomic E-state index is 0.341. The summed E-state index contributed by atoms with van der Waals surface area (Å²) >= 11 is 0. The van der Waals surface area contributed by atoms with Crippen molar-refractivity contribution in [2.45, 2.75) is 39.7 Å². The number of aromatic nitrogens is 2. The molecule has 1 heterocycles. The van der Waals surface area contributed by atoms with E-state index in [4.69, 9.17) is 0 Å². The van der Waals surface area contributed by atoms with Crippen molar-refractivity contribution < 1.29 is 0 Å². The number of rotatable bonds is 2. The average molecular weight is 205 g/mol. The first-order chi connectivity index (χ1) is 7.12. The third-order valence-electron chi connectivity index (χ3n) is 3.06. The Balaban J connectivity index is 2.34. The van der Waals surface area contributed by atoms with E-state index < -0.39 is 0 Å². The van der Waals surface area contributed by atoms with Gasteiger partial charge in [-0.2, -0.15) is 0 Å². The number of nitrogens with zero attached hydrogens (tertiary/aromatic N) is 2. The minimum absolute atomic E-state index is 0.341. The van der Waals surface area contributed by atoms with Gasteiger partial charge in [-0.1, -0.05) is 20.8 Å². The fraction of sp³-hybridized carbons (Fsp3) is 0.667. The Morgan fingerprint density at radius 2 is 2.33 bits per heavy atom. The SMILES string of the molecule is CCNC1CC(C)(C)Cc2ncncc21. The topological polar surface area (TPSA) is 37.8 Å². The molecule has 82 valence electrons. The van der Waals surface area contributed by atoms with Gasteiger partial charge in [0.2, 0.25) is 0 Å². The van der Waals surface area contributed by atoms with Crippen LogP contribution in [-0.2, 0) is 6.42 Å². The molecule has 0 amide bonds. The average Bonchev–Trinajstić information content (AvgIpc) is 2.16. The van der Waals surface area contributed by atoms with Gasteiger partial charge in [-0.15, -0.1) is 0 Å². The maximum absolute atomic E-state index is 4.40. The first-order valence-electron chi connectivity index (χ1n) is 5.64. The summed E-state index contributed by atoms with van der Waals surface area (Å²) in [7, 11) is 0. The van der Waals surface area contributed by atoms with E-state index in [1.807, 2.05) is 6.20 Å². The van der Waals surface area contributed by atoms with Crippen molar-refractivity contribution in [1.29, 1.82) is 0 Å². The molecule has 0 saturated heterocycles. The molecule has 0 saturated carbocycles. The summed E-state index contributed by atoms with van der Waals surface area (Å²) in [6.07, 6.45) is 5.85. The molecule has 0 radical (unpaired) electrons. The molecule has 1 aromatic heterocycles. The second-order valence-electron chi connectivity index (χ2n) is 5.08. The van der Waals surface area contributed by atoms with E-state index in [0.29, 0.717) is 11.5 Å². The van der Waals surface area contributed by atoms with Gasteiger partial charge in [0.1, 0.15) is 6.33 Å². The zero-order chi connectivity index (χ0) is 10.9. The van der Waals surface area contributed by atoms with Crippen LogP contribution >= 0.6 is 0 Å². The lowest BCUT2D eigenvalue weighted by atomic mass is 9.74. The molecule has 15 heavy (non-hydrogen) atoms. The van der Waals surface area contributed by atoms with Crippen molar-refractivity contribution in [2.75, 3.05) is 6.54 Å². The third kappa shape index (κ3) is 2.17. The van der Waals surface area contributed by atoms with Gasteiger partial charge in [-0.25, -0.2) is 9.97 Å². The largest absolute Gasteiger partial charge is 0.310 e. The van der Waals surface area contributed by atoms with Crippen LogP contribution in [0.25, 0.3) is 0 Å². The molecule has 1 aromatic rings. The maximum atomic E-state index is 4.40. The van der Waals surface area contributed by atoms with Crippen molar-refractivity contribution >= 4 is 0 Å². The smallest absolute Gasteiger partial charge is 0.115 e. The molecule has 2 rings (SSSR count). The number of hydrogen-bond donors (Lipinski definition) is 1. The lowest BCUT2D eigenvalue weighted by Gasteiger charge is -2.36. The molecule has 1 aliphatic carbocycles. The lowest BCUT2D eigenvalue weighted by Crippen LogP contribution is -2.34. The minimum Gasteiger partial charge on any atom is -0.310 e. The molecule has 3 heteroatoms. The van der Waals surface area contributed by atoms with Crippen LogP contribution in [0, 0.1) is 5.41 Å². The highest BCUT2D eigenvalue weighted by atomic mass is 14.9. The highest BCUT2D eigenvalue weighted by Gasteiger charge is 2.32. The van der Waals surface area contributed by atoms with E-state index in [9.17, 15) is 0 Å². The van der Waals surface area contributed by atoms with Crippen molar-refractivity contribution in [1.82, 2.24) is 15.3 Å². The Bertz CT molecular complexity index is 346. The van der Waals surface area contributed by atoms with Crippen LogP contribution in [0.3, 0.4) is 0 Å². The zero-order valence-corrected chi connectivity index (χ0v) is 9.75. The molecule has 1 atom stereocenters. The van der Waals surface area contributed by atoms with Gasteiger partial charge < -0.3 is 5.32 Å². The van der Waals surface area contributed by atoms with E-state index in [1.54, 1.807) is 6.33 Å². The van der Waals surface area contributed by atoms with Crippen molar-refractivity contribution in [2.24, 2.45) is 5.41 Å². The molecule has 0 bridgehead atoms. The van der Waals surface area contributed by atoms with Crippen molar-refractivity contribution in [3.63, 3.8) is 0 Å². The molecular weight excluding hydrogens is 186 g/mol. The molecule has 0 aliphatic heterocycles. The molecule has 1 N–H and O–H groups in total. The standard InChI is InChI=1S/C12H19N3/c1-4-14-10-5-12(2,3)6-11-9(10)7-13-8-15-11/h7-8,10,14H,4-6H2,1-3H3. The van der Waals surface area contributed by atoms with E-state index in [1.165, 1.54) is 17.7 Å². The normalized spacial score (nSPS) is 23.5. The first-order valence-corrected chi connectivity index (χ1v) is 5.64. The number of hydrogen-bond acceptors (Lipinski definition) is 3. The molecule has 0 fully saturated rings. The van der Waals surface area contributed by atoms with Gasteiger partial charge in [-0.3, -0.25) is 0 Å². The zero-order valence-electron chi connectivity index (χ0n) is 9.75.